The summed E-state index contributed by atoms with van der Waals surface area (Å²) >= 11 is 1.55. The Morgan fingerprint density at radius 2 is 1.89 bits per heavy atom. The van der Waals surface area contributed by atoms with E-state index < -0.39 is 0 Å². The topological polar surface area (TPSA) is 83.7 Å². The van der Waals surface area contributed by atoms with Crippen molar-refractivity contribution in [3.63, 3.8) is 0 Å². The molecular formula is C20H17N3O3S. The van der Waals surface area contributed by atoms with Gasteiger partial charge in [-0.25, -0.2) is 0 Å². The largest absolute Gasteiger partial charge is 0.451 e. The van der Waals surface area contributed by atoms with E-state index in [4.69, 9.17) is 4.42 Å². The first-order valence-corrected chi connectivity index (χ1v) is 9.52. The Kier molecular flexibility index (Phi) is 4.93. The SMILES string of the molecule is O=C(Cc1ccc(NC(=O)c2cc3ccccc3o2)cc1)NC1=NCCS1. The van der Waals surface area contributed by atoms with Crippen molar-refractivity contribution in [2.75, 3.05) is 17.6 Å². The van der Waals surface area contributed by atoms with Gasteiger partial charge in [-0.2, -0.15) is 0 Å². The lowest BCUT2D eigenvalue weighted by Crippen LogP contribution is -2.28. The second-order valence-electron chi connectivity index (χ2n) is 6.06. The first kappa shape index (κ1) is 17.4. The molecule has 7 heteroatoms. The molecule has 6 nitrogen and oxygen atoms in total. The van der Waals surface area contributed by atoms with Crippen LogP contribution in [0, 0.1) is 0 Å². The smallest absolute Gasteiger partial charge is 0.291 e. The highest BCUT2D eigenvalue weighted by Crippen LogP contribution is 2.20. The molecule has 2 amide bonds. The van der Waals surface area contributed by atoms with Gasteiger partial charge in [-0.15, -0.1) is 0 Å². The van der Waals surface area contributed by atoms with Gasteiger partial charge in [-0.05, 0) is 29.8 Å². The number of para-hydroxylation sites is 1. The zero-order valence-electron chi connectivity index (χ0n) is 14.4. The Morgan fingerprint density at radius 1 is 1.07 bits per heavy atom. The molecule has 0 radical (unpaired) electrons. The molecule has 0 aliphatic carbocycles. The molecule has 0 saturated carbocycles. The molecule has 0 atom stereocenters. The van der Waals surface area contributed by atoms with E-state index in [1.165, 1.54) is 0 Å². The molecule has 0 bridgehead atoms. The zero-order valence-corrected chi connectivity index (χ0v) is 15.2. The van der Waals surface area contributed by atoms with E-state index in [9.17, 15) is 9.59 Å². The van der Waals surface area contributed by atoms with Crippen LogP contribution >= 0.6 is 11.8 Å². The Balaban J connectivity index is 1.37. The fourth-order valence-corrected chi connectivity index (χ4v) is 3.50. The van der Waals surface area contributed by atoms with Crippen LogP contribution in [0.5, 0.6) is 0 Å². The number of amides is 2. The van der Waals surface area contributed by atoms with E-state index in [0.29, 0.717) is 16.4 Å². The summed E-state index contributed by atoms with van der Waals surface area (Å²) in [6, 6.07) is 16.4. The third kappa shape index (κ3) is 4.20. The lowest BCUT2D eigenvalue weighted by Gasteiger charge is -2.06. The number of carbonyl (C=O) groups excluding carboxylic acids is 2. The zero-order chi connectivity index (χ0) is 18.6. The summed E-state index contributed by atoms with van der Waals surface area (Å²) < 4.78 is 5.56. The number of amidine groups is 1. The van der Waals surface area contributed by atoms with Crippen molar-refractivity contribution < 1.29 is 14.0 Å². The number of nitrogens with zero attached hydrogens (tertiary/aromatic N) is 1. The average molecular weight is 379 g/mol. The highest BCUT2D eigenvalue weighted by Gasteiger charge is 2.13. The number of rotatable bonds is 4. The molecule has 136 valence electrons. The minimum Gasteiger partial charge on any atom is -0.451 e. The number of aliphatic imine (C=N–C) groups is 1. The van der Waals surface area contributed by atoms with Gasteiger partial charge in [0.25, 0.3) is 5.91 Å². The minimum absolute atomic E-state index is 0.0952. The van der Waals surface area contributed by atoms with Crippen molar-refractivity contribution >= 4 is 45.4 Å². The quantitative estimate of drug-likeness (QED) is 0.727. The molecule has 0 fully saturated rings. The van der Waals surface area contributed by atoms with E-state index in [1.54, 1.807) is 30.0 Å². The summed E-state index contributed by atoms with van der Waals surface area (Å²) in [5.41, 5.74) is 2.17. The van der Waals surface area contributed by atoms with Crippen molar-refractivity contribution in [2.45, 2.75) is 6.42 Å². The summed E-state index contributed by atoms with van der Waals surface area (Å²) in [5.74, 6) is 0.763. The number of fused-ring (bicyclic) bond motifs is 1. The number of hydrogen-bond donors (Lipinski definition) is 2. The second kappa shape index (κ2) is 7.67. The van der Waals surface area contributed by atoms with E-state index in [2.05, 4.69) is 15.6 Å². The number of nitrogens with one attached hydrogen (secondary N) is 2. The van der Waals surface area contributed by atoms with Crippen LogP contribution in [0.15, 0.2) is 64.0 Å². The summed E-state index contributed by atoms with van der Waals surface area (Å²) in [6.07, 6.45) is 0.261. The third-order valence-corrected chi connectivity index (χ3v) is 4.95. The summed E-state index contributed by atoms with van der Waals surface area (Å²) in [5, 5.41) is 7.18. The standard InChI is InChI=1S/C20H17N3O3S/c24-18(23-20-21-9-10-27-20)11-13-5-7-15(8-6-13)22-19(25)17-12-14-3-1-2-4-16(14)26-17/h1-8,12H,9-11H2,(H,22,25)(H,21,23,24). The van der Waals surface area contributed by atoms with Gasteiger partial charge in [0.2, 0.25) is 5.91 Å². The van der Waals surface area contributed by atoms with Gasteiger partial charge in [-0.3, -0.25) is 14.6 Å². The predicted octanol–water partition coefficient (Wildman–Crippen LogP) is 3.45. The van der Waals surface area contributed by atoms with Crippen LogP contribution in [-0.4, -0.2) is 29.3 Å². The second-order valence-corrected chi connectivity index (χ2v) is 7.14. The Bertz CT molecular complexity index is 991. The molecule has 4 rings (SSSR count). The first-order valence-electron chi connectivity index (χ1n) is 8.53. The van der Waals surface area contributed by atoms with Gasteiger partial charge in [0.1, 0.15) is 5.58 Å². The molecule has 1 aliphatic heterocycles. The van der Waals surface area contributed by atoms with Gasteiger partial charge in [0, 0.05) is 16.8 Å². The normalized spacial score (nSPS) is 13.4. The van der Waals surface area contributed by atoms with E-state index >= 15 is 0 Å². The van der Waals surface area contributed by atoms with E-state index in [1.807, 2.05) is 36.4 Å². The molecular weight excluding hydrogens is 362 g/mol. The van der Waals surface area contributed by atoms with Gasteiger partial charge < -0.3 is 15.1 Å². The van der Waals surface area contributed by atoms with E-state index in [0.717, 1.165) is 23.2 Å². The number of carbonyl (C=O) groups is 2. The van der Waals surface area contributed by atoms with Crippen LogP contribution in [0.2, 0.25) is 0 Å². The van der Waals surface area contributed by atoms with Crippen LogP contribution in [0.4, 0.5) is 5.69 Å². The summed E-state index contributed by atoms with van der Waals surface area (Å²) in [4.78, 5) is 28.6. The molecule has 2 heterocycles. The van der Waals surface area contributed by atoms with E-state index in [-0.39, 0.29) is 24.0 Å². The number of benzene rings is 2. The number of hydrogen-bond acceptors (Lipinski definition) is 5. The monoisotopic (exact) mass is 379 g/mol. The number of anilines is 1. The van der Waals surface area contributed by atoms with Gasteiger partial charge in [0.05, 0.1) is 13.0 Å². The van der Waals surface area contributed by atoms with Gasteiger partial charge in [-0.1, -0.05) is 42.1 Å². The van der Waals surface area contributed by atoms with Gasteiger partial charge >= 0.3 is 0 Å². The molecule has 27 heavy (non-hydrogen) atoms. The highest BCUT2D eigenvalue weighted by molar-refractivity contribution is 8.14. The fraction of sp³-hybridized carbons (Fsp3) is 0.150. The Hall–Kier alpha value is -3.06. The maximum absolute atomic E-state index is 12.4. The molecule has 1 aliphatic rings. The van der Waals surface area contributed by atoms with Crippen molar-refractivity contribution in [3.05, 3.63) is 65.9 Å². The third-order valence-electron chi connectivity index (χ3n) is 4.06. The predicted molar refractivity (Wildman–Crippen MR) is 107 cm³/mol. The summed E-state index contributed by atoms with van der Waals surface area (Å²) in [6.45, 7) is 0.750. The average Bonchev–Trinajstić information content (AvgIpc) is 3.32. The van der Waals surface area contributed by atoms with Crippen molar-refractivity contribution in [1.82, 2.24) is 5.32 Å². The van der Waals surface area contributed by atoms with Crippen LogP contribution < -0.4 is 10.6 Å². The minimum atomic E-state index is -0.312. The van der Waals surface area contributed by atoms with Crippen molar-refractivity contribution in [2.24, 2.45) is 4.99 Å². The van der Waals surface area contributed by atoms with Crippen LogP contribution in [0.1, 0.15) is 16.1 Å². The van der Waals surface area contributed by atoms with Crippen LogP contribution in [0.3, 0.4) is 0 Å². The molecule has 2 N–H and O–H groups in total. The van der Waals surface area contributed by atoms with Crippen LogP contribution in [-0.2, 0) is 11.2 Å². The Morgan fingerprint density at radius 3 is 2.63 bits per heavy atom. The maximum Gasteiger partial charge on any atom is 0.291 e. The molecule has 2 aromatic carbocycles. The van der Waals surface area contributed by atoms with Crippen molar-refractivity contribution in [1.29, 1.82) is 0 Å². The molecule has 0 spiro atoms. The molecule has 0 unspecified atom stereocenters. The van der Waals surface area contributed by atoms with Crippen molar-refractivity contribution in [3.8, 4) is 0 Å². The summed E-state index contributed by atoms with van der Waals surface area (Å²) in [7, 11) is 0. The maximum atomic E-state index is 12.4. The van der Waals surface area contributed by atoms with Gasteiger partial charge in [0.15, 0.2) is 10.9 Å². The first-order chi connectivity index (χ1) is 13.2. The lowest BCUT2D eigenvalue weighted by atomic mass is 10.1. The van der Waals surface area contributed by atoms with Crippen LogP contribution in [0.25, 0.3) is 11.0 Å². The number of thioether (sulfide) groups is 1. The lowest BCUT2D eigenvalue weighted by molar-refractivity contribution is -0.119. The molecule has 1 aromatic heterocycles. The highest BCUT2D eigenvalue weighted by atomic mass is 32.2. The number of furan rings is 1. The molecule has 0 saturated heterocycles. The fourth-order valence-electron chi connectivity index (χ4n) is 2.75. The Labute approximate surface area is 160 Å². The molecule has 3 aromatic rings.